The third kappa shape index (κ3) is 1.50. The van der Waals surface area contributed by atoms with Crippen molar-refractivity contribution in [3.63, 3.8) is 0 Å². The fraction of sp³-hybridized carbons (Fsp3) is 0.294. The fourth-order valence-electron chi connectivity index (χ4n) is 3.80. The quantitative estimate of drug-likeness (QED) is 0.888. The van der Waals surface area contributed by atoms with Crippen LogP contribution in [0.3, 0.4) is 0 Å². The van der Waals surface area contributed by atoms with E-state index in [4.69, 9.17) is 5.73 Å². The number of benzene rings is 2. The summed E-state index contributed by atoms with van der Waals surface area (Å²) >= 11 is 0. The van der Waals surface area contributed by atoms with Crippen LogP contribution in [0.1, 0.15) is 34.3 Å². The van der Waals surface area contributed by atoms with Gasteiger partial charge in [-0.2, -0.15) is 0 Å². The van der Waals surface area contributed by atoms with E-state index in [1.165, 1.54) is 22.3 Å². The van der Waals surface area contributed by atoms with Crippen molar-refractivity contribution >= 4 is 0 Å². The maximum Gasteiger partial charge on any atom is 0.0613 e. The SMILES string of the molecule is NCCN1C2Cc3ccccc3C1c1ccccc12. The Hall–Kier alpha value is -1.64. The topological polar surface area (TPSA) is 29.3 Å². The minimum atomic E-state index is 0.412. The predicted molar refractivity (Wildman–Crippen MR) is 76.9 cm³/mol. The van der Waals surface area contributed by atoms with Gasteiger partial charge in [0.15, 0.2) is 0 Å². The second kappa shape index (κ2) is 4.19. The molecule has 2 nitrogen and oxygen atoms in total. The van der Waals surface area contributed by atoms with Crippen molar-refractivity contribution < 1.29 is 0 Å². The van der Waals surface area contributed by atoms with Gasteiger partial charge in [0.2, 0.25) is 0 Å². The second-order valence-corrected chi connectivity index (χ2v) is 5.48. The molecule has 0 saturated heterocycles. The van der Waals surface area contributed by atoms with Gasteiger partial charge in [0.25, 0.3) is 0 Å². The van der Waals surface area contributed by atoms with Crippen LogP contribution in [-0.2, 0) is 6.42 Å². The third-order valence-electron chi connectivity index (χ3n) is 4.53. The van der Waals surface area contributed by atoms with E-state index in [9.17, 15) is 0 Å². The molecule has 2 unspecified atom stereocenters. The van der Waals surface area contributed by atoms with Crippen LogP contribution in [0.2, 0.25) is 0 Å². The number of fused-ring (bicyclic) bond motifs is 7. The maximum atomic E-state index is 5.82. The zero-order valence-corrected chi connectivity index (χ0v) is 10.9. The summed E-state index contributed by atoms with van der Waals surface area (Å²) in [7, 11) is 0. The first kappa shape index (κ1) is 11.2. The van der Waals surface area contributed by atoms with E-state index in [0.29, 0.717) is 12.1 Å². The minimum Gasteiger partial charge on any atom is -0.329 e. The van der Waals surface area contributed by atoms with E-state index in [-0.39, 0.29) is 0 Å². The van der Waals surface area contributed by atoms with E-state index in [2.05, 4.69) is 53.4 Å². The molecule has 2 aromatic carbocycles. The fourth-order valence-corrected chi connectivity index (χ4v) is 3.80. The summed E-state index contributed by atoms with van der Waals surface area (Å²) < 4.78 is 0. The van der Waals surface area contributed by atoms with Crippen molar-refractivity contribution in [1.29, 1.82) is 0 Å². The smallest absolute Gasteiger partial charge is 0.0613 e. The van der Waals surface area contributed by atoms with Crippen LogP contribution in [0, 0.1) is 0 Å². The Morgan fingerprint density at radius 3 is 2.42 bits per heavy atom. The van der Waals surface area contributed by atoms with Gasteiger partial charge in [0.05, 0.1) is 6.04 Å². The summed E-state index contributed by atoms with van der Waals surface area (Å²) in [6.45, 7) is 1.70. The van der Waals surface area contributed by atoms with E-state index in [1.54, 1.807) is 0 Å². The zero-order valence-electron chi connectivity index (χ0n) is 10.9. The predicted octanol–water partition coefficient (Wildman–Crippen LogP) is 2.65. The molecular formula is C17H18N2. The first-order valence-electron chi connectivity index (χ1n) is 7.02. The van der Waals surface area contributed by atoms with Crippen LogP contribution >= 0.6 is 0 Å². The maximum absolute atomic E-state index is 5.82. The Morgan fingerprint density at radius 1 is 0.947 bits per heavy atom. The lowest BCUT2D eigenvalue weighted by molar-refractivity contribution is 0.173. The normalized spacial score (nSPS) is 24.1. The molecular weight excluding hydrogens is 232 g/mol. The van der Waals surface area contributed by atoms with Crippen molar-refractivity contribution in [3.8, 4) is 0 Å². The van der Waals surface area contributed by atoms with Gasteiger partial charge in [-0.05, 0) is 28.7 Å². The standard InChI is InChI=1S/C17H18N2/c18-9-10-19-16-11-12-5-1-2-6-13(12)17(19)15-8-4-3-7-14(15)16/h1-8,16-17H,9-11,18H2. The largest absolute Gasteiger partial charge is 0.329 e. The average molecular weight is 250 g/mol. The van der Waals surface area contributed by atoms with Crippen LogP contribution in [0.4, 0.5) is 0 Å². The summed E-state index contributed by atoms with van der Waals surface area (Å²) in [5, 5.41) is 0. The Bertz CT molecular complexity index is 609. The van der Waals surface area contributed by atoms with Crippen molar-refractivity contribution in [2.45, 2.75) is 18.5 Å². The molecule has 0 saturated carbocycles. The van der Waals surface area contributed by atoms with Crippen LogP contribution < -0.4 is 5.73 Å². The molecule has 2 atom stereocenters. The van der Waals surface area contributed by atoms with Gasteiger partial charge in [0.1, 0.15) is 0 Å². The first-order chi connectivity index (χ1) is 9.40. The number of hydrogen-bond acceptors (Lipinski definition) is 2. The lowest BCUT2D eigenvalue weighted by atomic mass is 9.91. The molecule has 2 aliphatic rings. The van der Waals surface area contributed by atoms with E-state index in [1.807, 2.05) is 0 Å². The van der Waals surface area contributed by atoms with E-state index >= 15 is 0 Å². The average Bonchev–Trinajstić information content (AvgIpc) is 2.67. The van der Waals surface area contributed by atoms with E-state index < -0.39 is 0 Å². The molecule has 0 fully saturated rings. The minimum absolute atomic E-state index is 0.412. The van der Waals surface area contributed by atoms with Gasteiger partial charge in [-0.3, -0.25) is 4.90 Å². The van der Waals surface area contributed by atoms with Crippen molar-refractivity contribution in [2.24, 2.45) is 5.73 Å². The Balaban J connectivity index is 1.92. The molecule has 96 valence electrons. The molecule has 2 bridgehead atoms. The number of rotatable bonds is 2. The number of hydrogen-bond donors (Lipinski definition) is 1. The summed E-state index contributed by atoms with van der Waals surface area (Å²) in [6, 6.07) is 18.7. The summed E-state index contributed by atoms with van der Waals surface area (Å²) in [5.41, 5.74) is 11.8. The Labute approximate surface area is 113 Å². The molecule has 2 heteroatoms. The highest BCUT2D eigenvalue weighted by atomic mass is 15.2. The summed E-state index contributed by atoms with van der Waals surface area (Å²) in [5.74, 6) is 0. The molecule has 0 aliphatic carbocycles. The Morgan fingerprint density at radius 2 is 1.63 bits per heavy atom. The lowest BCUT2D eigenvalue weighted by Crippen LogP contribution is -2.36. The molecule has 2 heterocycles. The van der Waals surface area contributed by atoms with Crippen molar-refractivity contribution in [3.05, 3.63) is 70.8 Å². The van der Waals surface area contributed by atoms with Crippen LogP contribution in [0.5, 0.6) is 0 Å². The molecule has 0 spiro atoms. The monoisotopic (exact) mass is 250 g/mol. The molecule has 2 N–H and O–H groups in total. The molecule has 2 aliphatic heterocycles. The van der Waals surface area contributed by atoms with Gasteiger partial charge in [-0.15, -0.1) is 0 Å². The molecule has 0 aromatic heterocycles. The first-order valence-corrected chi connectivity index (χ1v) is 7.02. The molecule has 0 radical (unpaired) electrons. The zero-order chi connectivity index (χ0) is 12.8. The molecule has 2 aromatic rings. The highest BCUT2D eigenvalue weighted by molar-refractivity contribution is 5.50. The van der Waals surface area contributed by atoms with Gasteiger partial charge in [0, 0.05) is 19.1 Å². The van der Waals surface area contributed by atoms with E-state index in [0.717, 1.165) is 19.5 Å². The van der Waals surface area contributed by atoms with Gasteiger partial charge in [-0.1, -0.05) is 48.5 Å². The van der Waals surface area contributed by atoms with Crippen LogP contribution in [0.15, 0.2) is 48.5 Å². The van der Waals surface area contributed by atoms with Crippen molar-refractivity contribution in [2.75, 3.05) is 13.1 Å². The molecule has 0 amide bonds. The highest BCUT2D eigenvalue weighted by Crippen LogP contribution is 2.51. The summed E-state index contributed by atoms with van der Waals surface area (Å²) in [6.07, 6.45) is 1.11. The Kier molecular flexibility index (Phi) is 2.47. The van der Waals surface area contributed by atoms with Gasteiger partial charge < -0.3 is 5.73 Å². The van der Waals surface area contributed by atoms with Crippen molar-refractivity contribution in [1.82, 2.24) is 4.90 Å². The highest BCUT2D eigenvalue weighted by Gasteiger charge is 2.42. The lowest BCUT2D eigenvalue weighted by Gasteiger charge is -2.36. The van der Waals surface area contributed by atoms with Gasteiger partial charge >= 0.3 is 0 Å². The van der Waals surface area contributed by atoms with Crippen LogP contribution in [0.25, 0.3) is 0 Å². The third-order valence-corrected chi connectivity index (χ3v) is 4.53. The molecule has 4 rings (SSSR count). The van der Waals surface area contributed by atoms with Gasteiger partial charge in [-0.25, -0.2) is 0 Å². The van der Waals surface area contributed by atoms with Crippen LogP contribution in [-0.4, -0.2) is 18.0 Å². The summed E-state index contributed by atoms with van der Waals surface area (Å²) in [4.78, 5) is 2.58. The second-order valence-electron chi connectivity index (χ2n) is 5.48. The molecule has 19 heavy (non-hydrogen) atoms. The number of nitrogens with two attached hydrogens (primary N) is 1. The number of nitrogens with zero attached hydrogens (tertiary/aromatic N) is 1.